The zero-order chi connectivity index (χ0) is 18.2. The van der Waals surface area contributed by atoms with E-state index in [9.17, 15) is 18.4 Å². The van der Waals surface area contributed by atoms with Gasteiger partial charge in [-0.2, -0.15) is 8.78 Å². The number of nitrogens with one attached hydrogen (secondary N) is 1. The molecule has 7 heteroatoms. The van der Waals surface area contributed by atoms with Crippen molar-refractivity contribution in [3.63, 3.8) is 0 Å². The fraction of sp³-hybridized carbons (Fsp3) is 0.222. The highest BCUT2D eigenvalue weighted by atomic mass is 32.2. The predicted molar refractivity (Wildman–Crippen MR) is 91.6 cm³/mol. The third-order valence-electron chi connectivity index (χ3n) is 3.33. The quantitative estimate of drug-likeness (QED) is 0.594. The number of hydrogen-bond acceptors (Lipinski definition) is 4. The van der Waals surface area contributed by atoms with E-state index < -0.39 is 24.2 Å². The number of carbonyl (C=O) groups is 2. The number of alkyl halides is 2. The minimum atomic E-state index is -2.65. The van der Waals surface area contributed by atoms with Crippen molar-refractivity contribution >= 4 is 23.6 Å². The first-order valence-electron chi connectivity index (χ1n) is 7.52. The Hall–Kier alpha value is -2.41. The molecule has 0 saturated heterocycles. The molecule has 0 spiro atoms. The summed E-state index contributed by atoms with van der Waals surface area (Å²) in [5.41, 5.74) is 0.928. The second-order valence-corrected chi connectivity index (χ2v) is 6.18. The van der Waals surface area contributed by atoms with Gasteiger partial charge in [-0.3, -0.25) is 4.79 Å². The van der Waals surface area contributed by atoms with Crippen molar-refractivity contribution in [2.75, 3.05) is 6.61 Å². The molecule has 1 atom stereocenters. The van der Waals surface area contributed by atoms with Crippen LogP contribution in [-0.2, 0) is 9.53 Å². The van der Waals surface area contributed by atoms with Crippen LogP contribution in [0.2, 0.25) is 0 Å². The maximum Gasteiger partial charge on any atom is 0.339 e. The van der Waals surface area contributed by atoms with Crippen LogP contribution in [0.4, 0.5) is 8.78 Å². The van der Waals surface area contributed by atoms with E-state index in [0.717, 1.165) is 5.56 Å². The first-order chi connectivity index (χ1) is 12.0. The molecule has 0 aliphatic heterocycles. The van der Waals surface area contributed by atoms with Crippen molar-refractivity contribution in [2.45, 2.75) is 23.6 Å². The number of halogens is 2. The molecule has 1 amide bonds. The van der Waals surface area contributed by atoms with E-state index >= 15 is 0 Å². The van der Waals surface area contributed by atoms with Crippen molar-refractivity contribution in [1.82, 2.24) is 5.32 Å². The lowest BCUT2D eigenvalue weighted by molar-refractivity contribution is -0.124. The molecule has 2 aromatic carbocycles. The highest BCUT2D eigenvalue weighted by molar-refractivity contribution is 7.99. The Morgan fingerprint density at radius 1 is 1.08 bits per heavy atom. The van der Waals surface area contributed by atoms with Crippen molar-refractivity contribution in [3.8, 4) is 0 Å². The van der Waals surface area contributed by atoms with E-state index in [1.54, 1.807) is 12.1 Å². The molecule has 0 fully saturated rings. The van der Waals surface area contributed by atoms with Crippen LogP contribution < -0.4 is 5.32 Å². The monoisotopic (exact) mass is 365 g/mol. The normalized spacial score (nSPS) is 11.8. The smallest absolute Gasteiger partial charge is 0.339 e. The summed E-state index contributed by atoms with van der Waals surface area (Å²) >= 11 is 0.261. The number of benzene rings is 2. The largest absolute Gasteiger partial charge is 0.452 e. The lowest BCUT2D eigenvalue weighted by atomic mass is 10.1. The third kappa shape index (κ3) is 5.86. The van der Waals surface area contributed by atoms with E-state index in [2.05, 4.69) is 5.32 Å². The van der Waals surface area contributed by atoms with Gasteiger partial charge in [-0.05, 0) is 24.6 Å². The molecule has 0 aromatic heterocycles. The molecular formula is C18H17F2NO3S. The average molecular weight is 365 g/mol. The van der Waals surface area contributed by atoms with E-state index in [4.69, 9.17) is 4.74 Å². The van der Waals surface area contributed by atoms with Crippen molar-refractivity contribution in [1.29, 1.82) is 0 Å². The van der Waals surface area contributed by atoms with E-state index in [1.807, 2.05) is 37.3 Å². The summed E-state index contributed by atoms with van der Waals surface area (Å²) in [6.45, 7) is 1.33. The van der Waals surface area contributed by atoms with Crippen molar-refractivity contribution in [3.05, 3.63) is 65.7 Å². The van der Waals surface area contributed by atoms with Crippen LogP contribution in [0.5, 0.6) is 0 Å². The molecule has 132 valence electrons. The molecule has 0 bridgehead atoms. The van der Waals surface area contributed by atoms with Gasteiger partial charge in [0.15, 0.2) is 6.61 Å². The summed E-state index contributed by atoms with van der Waals surface area (Å²) in [5.74, 6) is -3.93. The predicted octanol–water partition coefficient (Wildman–Crippen LogP) is 4.04. The van der Waals surface area contributed by atoms with E-state index in [0.29, 0.717) is 0 Å². The summed E-state index contributed by atoms with van der Waals surface area (Å²) in [5, 5.41) is 2.71. The second kappa shape index (κ2) is 9.17. The van der Waals surface area contributed by atoms with Gasteiger partial charge in [0.1, 0.15) is 0 Å². The number of carbonyl (C=O) groups excluding carboxylic acids is 2. The highest BCUT2D eigenvalue weighted by Crippen LogP contribution is 2.28. The fourth-order valence-electron chi connectivity index (χ4n) is 2.15. The summed E-state index contributed by atoms with van der Waals surface area (Å²) in [7, 11) is 0. The SMILES string of the molecule is C[C@H](NC(=O)COC(=O)c1ccccc1SC(F)F)c1ccccc1. The van der Waals surface area contributed by atoms with Gasteiger partial charge >= 0.3 is 5.97 Å². The molecule has 0 saturated carbocycles. The fourth-order valence-corrected chi connectivity index (χ4v) is 2.78. The molecule has 0 aliphatic carbocycles. The number of thioether (sulfide) groups is 1. The minimum absolute atomic E-state index is 0.0108. The number of esters is 1. The minimum Gasteiger partial charge on any atom is -0.452 e. The molecule has 0 heterocycles. The van der Waals surface area contributed by atoms with Crippen LogP contribution in [0.1, 0.15) is 28.9 Å². The van der Waals surface area contributed by atoms with Crippen LogP contribution in [0.3, 0.4) is 0 Å². The molecule has 0 unspecified atom stereocenters. The van der Waals surface area contributed by atoms with Gasteiger partial charge in [0.05, 0.1) is 11.6 Å². The first-order valence-corrected chi connectivity index (χ1v) is 8.40. The Kier molecular flexibility index (Phi) is 6.94. The molecule has 4 nitrogen and oxygen atoms in total. The van der Waals surface area contributed by atoms with Gasteiger partial charge in [-0.25, -0.2) is 4.79 Å². The topological polar surface area (TPSA) is 55.4 Å². The average Bonchev–Trinajstić information content (AvgIpc) is 2.60. The molecule has 1 N–H and O–H groups in total. The van der Waals surface area contributed by atoms with Crippen LogP contribution in [0.15, 0.2) is 59.5 Å². The molecular weight excluding hydrogens is 348 g/mol. The maximum atomic E-state index is 12.5. The third-order valence-corrected chi connectivity index (χ3v) is 4.12. The van der Waals surface area contributed by atoms with Gasteiger partial charge in [-0.1, -0.05) is 54.2 Å². The zero-order valence-corrected chi connectivity index (χ0v) is 14.3. The molecule has 0 radical (unpaired) electrons. The standard InChI is InChI=1S/C18H17F2NO3S/c1-12(13-7-3-2-4-8-13)21-16(22)11-24-17(23)14-9-5-6-10-15(14)25-18(19)20/h2-10,12,18H,11H2,1H3,(H,21,22)/t12-/m0/s1. The first kappa shape index (κ1) is 18.9. The summed E-state index contributed by atoms with van der Waals surface area (Å²) in [4.78, 5) is 24.1. The van der Waals surface area contributed by atoms with Gasteiger partial charge in [0, 0.05) is 4.90 Å². The van der Waals surface area contributed by atoms with Crippen LogP contribution in [0.25, 0.3) is 0 Å². The molecule has 0 aliphatic rings. The van der Waals surface area contributed by atoms with Gasteiger partial charge in [0.2, 0.25) is 0 Å². The molecule has 25 heavy (non-hydrogen) atoms. The number of ether oxygens (including phenoxy) is 1. The summed E-state index contributed by atoms with van der Waals surface area (Å²) in [6.07, 6.45) is 0. The van der Waals surface area contributed by atoms with Crippen molar-refractivity contribution in [2.24, 2.45) is 0 Å². The lowest BCUT2D eigenvalue weighted by Gasteiger charge is -2.14. The van der Waals surface area contributed by atoms with Crippen LogP contribution in [0, 0.1) is 0 Å². The Morgan fingerprint density at radius 2 is 1.72 bits per heavy atom. The second-order valence-electron chi connectivity index (χ2n) is 5.15. The van der Waals surface area contributed by atoms with Gasteiger partial charge in [0.25, 0.3) is 11.7 Å². The molecule has 2 aromatic rings. The molecule has 2 rings (SSSR count). The lowest BCUT2D eigenvalue weighted by Crippen LogP contribution is -2.31. The Balaban J connectivity index is 1.90. The maximum absolute atomic E-state index is 12.5. The van der Waals surface area contributed by atoms with Crippen molar-refractivity contribution < 1.29 is 23.1 Å². The van der Waals surface area contributed by atoms with Crippen LogP contribution >= 0.6 is 11.8 Å². The Morgan fingerprint density at radius 3 is 2.40 bits per heavy atom. The summed E-state index contributed by atoms with van der Waals surface area (Å²) < 4.78 is 30.0. The Bertz CT molecular complexity index is 725. The Labute approximate surface area is 148 Å². The van der Waals surface area contributed by atoms with Crippen LogP contribution in [-0.4, -0.2) is 24.2 Å². The number of rotatable bonds is 7. The highest BCUT2D eigenvalue weighted by Gasteiger charge is 2.18. The van der Waals surface area contributed by atoms with Gasteiger partial charge < -0.3 is 10.1 Å². The summed E-state index contributed by atoms with van der Waals surface area (Å²) in [6, 6.07) is 15.0. The number of hydrogen-bond donors (Lipinski definition) is 1. The zero-order valence-electron chi connectivity index (χ0n) is 13.4. The van der Waals surface area contributed by atoms with E-state index in [-0.39, 0.29) is 28.3 Å². The van der Waals surface area contributed by atoms with E-state index in [1.165, 1.54) is 12.1 Å². The van der Waals surface area contributed by atoms with Gasteiger partial charge in [-0.15, -0.1) is 0 Å². The number of amides is 1.